The van der Waals surface area contributed by atoms with Crippen LogP contribution in [0.15, 0.2) is 63.9 Å². The molecule has 0 aliphatic rings. The molecule has 0 radical (unpaired) electrons. The van der Waals surface area contributed by atoms with Gasteiger partial charge in [-0.15, -0.1) is 4.57 Å². The molecule has 0 bridgehead atoms. The van der Waals surface area contributed by atoms with Gasteiger partial charge in [-0.25, -0.2) is 4.98 Å². The van der Waals surface area contributed by atoms with E-state index in [1.54, 1.807) is 55.5 Å². The van der Waals surface area contributed by atoms with Crippen molar-refractivity contribution in [3.63, 3.8) is 0 Å². The number of anilines is 1. The maximum absolute atomic E-state index is 12.6. The number of nitrogens with one attached hydrogen (secondary N) is 1. The Labute approximate surface area is 183 Å². The molecule has 1 N–H and O–H groups in total. The molecule has 4 rings (SSSR count). The fourth-order valence-electron chi connectivity index (χ4n) is 3.15. The maximum atomic E-state index is 12.6. The first kappa shape index (κ1) is 21.0. The fraction of sp³-hybridized carbons (Fsp3) is 0.174. The topological polar surface area (TPSA) is 104 Å². The summed E-state index contributed by atoms with van der Waals surface area (Å²) in [6, 6.07) is 14.9. The third-order valence-corrected chi connectivity index (χ3v) is 4.65. The molecule has 2 heterocycles. The molecule has 0 fully saturated rings. The summed E-state index contributed by atoms with van der Waals surface area (Å²) in [7, 11) is 3.04. The largest absolute Gasteiger partial charge is 0.493 e. The number of hydrogen-bond donors (Lipinski definition) is 1. The monoisotopic (exact) mass is 435 g/mol. The Kier molecular flexibility index (Phi) is 5.80. The van der Waals surface area contributed by atoms with E-state index in [4.69, 9.17) is 18.7 Å². The number of amides is 1. The number of methoxy groups -OCH3 is 2. The Morgan fingerprint density at radius 3 is 2.66 bits per heavy atom. The molecule has 2 aromatic heterocycles. The van der Waals surface area contributed by atoms with Crippen LogP contribution >= 0.6 is 0 Å². The van der Waals surface area contributed by atoms with E-state index in [0.717, 1.165) is 4.57 Å². The van der Waals surface area contributed by atoms with Gasteiger partial charge in [-0.2, -0.15) is 0 Å². The van der Waals surface area contributed by atoms with Gasteiger partial charge in [-0.3, -0.25) is 9.59 Å². The molecule has 0 saturated carbocycles. The maximum Gasteiger partial charge on any atom is 0.287 e. The predicted octanol–water partition coefficient (Wildman–Crippen LogP) is 3.44. The van der Waals surface area contributed by atoms with Gasteiger partial charge in [-0.1, -0.05) is 6.07 Å². The highest BCUT2D eigenvalue weighted by Crippen LogP contribution is 2.28. The van der Waals surface area contributed by atoms with Crippen LogP contribution in [-0.2, 0) is 6.61 Å². The van der Waals surface area contributed by atoms with Crippen LogP contribution in [0, 0.1) is 6.92 Å². The van der Waals surface area contributed by atoms with Gasteiger partial charge in [0, 0.05) is 29.4 Å². The van der Waals surface area contributed by atoms with Crippen LogP contribution in [0.2, 0.25) is 0 Å². The van der Waals surface area contributed by atoms with E-state index in [1.165, 1.54) is 20.3 Å². The first-order valence-corrected chi connectivity index (χ1v) is 9.72. The lowest BCUT2D eigenvalue weighted by molar-refractivity contribution is 0.102. The number of rotatable bonds is 7. The lowest BCUT2D eigenvalue weighted by Gasteiger charge is -2.11. The molecule has 9 nitrogen and oxygen atoms in total. The summed E-state index contributed by atoms with van der Waals surface area (Å²) < 4.78 is 22.6. The second-order valence-corrected chi connectivity index (χ2v) is 6.92. The Morgan fingerprint density at radius 2 is 1.88 bits per heavy atom. The van der Waals surface area contributed by atoms with E-state index in [1.807, 2.05) is 0 Å². The number of fused-ring (bicyclic) bond motifs is 1. The smallest absolute Gasteiger partial charge is 0.287 e. The average molecular weight is 435 g/mol. The van der Waals surface area contributed by atoms with Gasteiger partial charge in [-0.05, 0) is 37.3 Å². The molecule has 2 aromatic carbocycles. The molecule has 4 aromatic rings. The number of benzene rings is 2. The van der Waals surface area contributed by atoms with Gasteiger partial charge in [0.05, 0.1) is 19.9 Å². The average Bonchev–Trinajstić information content (AvgIpc) is 3.18. The minimum atomic E-state index is -0.322. The summed E-state index contributed by atoms with van der Waals surface area (Å²) in [6.07, 6.45) is 0. The molecule has 164 valence electrons. The number of aromatic nitrogens is 2. The summed E-state index contributed by atoms with van der Waals surface area (Å²) in [6.45, 7) is 1.83. The lowest BCUT2D eigenvalue weighted by Crippen LogP contribution is -2.14. The summed E-state index contributed by atoms with van der Waals surface area (Å²) in [4.78, 5) is 29.1. The zero-order chi connectivity index (χ0) is 22.7. The molecular formula is C23H21N3O6. The zero-order valence-electron chi connectivity index (χ0n) is 17.7. The fourth-order valence-corrected chi connectivity index (χ4v) is 3.15. The quantitative estimate of drug-likeness (QED) is 0.474. The second kappa shape index (κ2) is 8.84. The number of carbonyl (C=O) groups is 1. The van der Waals surface area contributed by atoms with Crippen molar-refractivity contribution in [1.29, 1.82) is 0 Å². The van der Waals surface area contributed by atoms with Crippen LogP contribution < -0.4 is 25.1 Å². The van der Waals surface area contributed by atoms with E-state index >= 15 is 0 Å². The van der Waals surface area contributed by atoms with Gasteiger partial charge in [0.2, 0.25) is 0 Å². The molecule has 0 atom stereocenters. The zero-order valence-corrected chi connectivity index (χ0v) is 17.7. The third-order valence-electron chi connectivity index (χ3n) is 4.65. The molecular weight excluding hydrogens is 414 g/mol. The van der Waals surface area contributed by atoms with Crippen molar-refractivity contribution in [3.05, 3.63) is 82.0 Å². The Bertz CT molecular complexity index is 1340. The standard InChI is InChI=1S/C23H21N3O6/c1-14-9-21-24-17(12-22(27)26(21)32-14)13-31-18-6-4-5-16(11-18)25-23(28)15-7-8-19(29-2)20(10-15)30-3/h4-12H,13H2,1-3H3,(H,25,28). The van der Waals surface area contributed by atoms with Crippen LogP contribution in [-0.4, -0.2) is 29.7 Å². The predicted molar refractivity (Wildman–Crippen MR) is 117 cm³/mol. The van der Waals surface area contributed by atoms with Crippen molar-refractivity contribution in [2.75, 3.05) is 19.5 Å². The van der Waals surface area contributed by atoms with E-state index in [0.29, 0.717) is 45.6 Å². The number of aryl methyl sites for hydroxylation is 1. The lowest BCUT2D eigenvalue weighted by atomic mass is 10.2. The highest BCUT2D eigenvalue weighted by Gasteiger charge is 2.12. The van der Waals surface area contributed by atoms with Gasteiger partial charge >= 0.3 is 0 Å². The van der Waals surface area contributed by atoms with Crippen LogP contribution in [0.3, 0.4) is 0 Å². The Morgan fingerprint density at radius 1 is 1.06 bits per heavy atom. The molecule has 1 amide bonds. The van der Waals surface area contributed by atoms with Crippen molar-refractivity contribution >= 4 is 17.2 Å². The highest BCUT2D eigenvalue weighted by molar-refractivity contribution is 6.04. The van der Waals surface area contributed by atoms with Gasteiger partial charge in [0.15, 0.2) is 17.1 Å². The van der Waals surface area contributed by atoms with E-state index < -0.39 is 0 Å². The summed E-state index contributed by atoms with van der Waals surface area (Å²) in [5.41, 5.74) is 1.54. The van der Waals surface area contributed by atoms with Crippen molar-refractivity contribution in [2.24, 2.45) is 0 Å². The van der Waals surface area contributed by atoms with E-state index in [2.05, 4.69) is 10.3 Å². The summed E-state index contributed by atoms with van der Waals surface area (Å²) >= 11 is 0. The normalized spacial score (nSPS) is 10.7. The van der Waals surface area contributed by atoms with E-state index in [-0.39, 0.29) is 18.1 Å². The van der Waals surface area contributed by atoms with Crippen LogP contribution in [0.25, 0.3) is 5.65 Å². The first-order valence-electron chi connectivity index (χ1n) is 9.72. The number of nitrogens with zero attached hydrogens (tertiary/aromatic N) is 2. The Balaban J connectivity index is 1.46. The van der Waals surface area contributed by atoms with Crippen molar-refractivity contribution in [1.82, 2.24) is 9.56 Å². The van der Waals surface area contributed by atoms with Crippen molar-refractivity contribution in [2.45, 2.75) is 13.5 Å². The highest BCUT2D eigenvalue weighted by atomic mass is 16.5. The van der Waals surface area contributed by atoms with Crippen LogP contribution in [0.1, 0.15) is 21.8 Å². The second-order valence-electron chi connectivity index (χ2n) is 6.92. The molecule has 0 saturated heterocycles. The molecule has 0 aliphatic heterocycles. The van der Waals surface area contributed by atoms with Gasteiger partial charge in [0.1, 0.15) is 18.1 Å². The summed E-state index contributed by atoms with van der Waals surface area (Å²) in [5.74, 6) is 1.80. The number of hydrogen-bond acceptors (Lipinski definition) is 7. The molecule has 9 heteroatoms. The minimum Gasteiger partial charge on any atom is -0.493 e. The van der Waals surface area contributed by atoms with E-state index in [9.17, 15) is 9.59 Å². The SMILES string of the molecule is COc1ccc(C(=O)Nc2cccc(OCc3cc(=O)n4oc(C)cc4n3)c2)cc1OC. The van der Waals surface area contributed by atoms with Crippen LogP contribution in [0.5, 0.6) is 17.2 Å². The molecule has 0 unspecified atom stereocenters. The molecule has 0 aliphatic carbocycles. The molecule has 0 spiro atoms. The Hall–Kier alpha value is -4.27. The van der Waals surface area contributed by atoms with Crippen LogP contribution in [0.4, 0.5) is 5.69 Å². The van der Waals surface area contributed by atoms with Crippen molar-refractivity contribution < 1.29 is 23.5 Å². The van der Waals surface area contributed by atoms with Gasteiger partial charge < -0.3 is 24.1 Å². The van der Waals surface area contributed by atoms with Gasteiger partial charge in [0.25, 0.3) is 11.5 Å². The minimum absolute atomic E-state index is 0.0864. The molecule has 32 heavy (non-hydrogen) atoms. The first-order chi connectivity index (χ1) is 15.5. The number of carbonyl (C=O) groups excluding carboxylic acids is 1. The number of ether oxygens (including phenoxy) is 3. The van der Waals surface area contributed by atoms with Crippen molar-refractivity contribution in [3.8, 4) is 17.2 Å². The summed E-state index contributed by atoms with van der Waals surface area (Å²) in [5, 5.41) is 2.82. The third kappa shape index (κ3) is 4.41.